The van der Waals surface area contributed by atoms with Crippen LogP contribution in [0.25, 0.3) is 11.1 Å². The average Bonchev–Trinajstić information content (AvgIpc) is 3.29. The first-order valence-corrected chi connectivity index (χ1v) is 9.37. The zero-order valence-electron chi connectivity index (χ0n) is 16.5. The summed E-state index contributed by atoms with van der Waals surface area (Å²) in [5.41, 5.74) is 1.90. The number of benzene rings is 1. The minimum absolute atomic E-state index is 0.0244. The lowest BCUT2D eigenvalue weighted by Gasteiger charge is -2.16. The van der Waals surface area contributed by atoms with Crippen LogP contribution < -0.4 is 15.4 Å². The van der Waals surface area contributed by atoms with Gasteiger partial charge in [-0.15, -0.1) is 0 Å². The fourth-order valence-electron chi connectivity index (χ4n) is 3.26. The number of anilines is 1. The minimum Gasteiger partial charge on any atom is -0.497 e. The third-order valence-corrected chi connectivity index (χ3v) is 5.27. The molecule has 2 heterocycles. The van der Waals surface area contributed by atoms with E-state index in [0.717, 1.165) is 24.2 Å². The summed E-state index contributed by atoms with van der Waals surface area (Å²) in [6.45, 7) is 5.86. The maximum absolute atomic E-state index is 13.1. The molecule has 3 aromatic rings. The second-order valence-corrected chi connectivity index (χ2v) is 7.59. The van der Waals surface area contributed by atoms with E-state index < -0.39 is 0 Å². The van der Waals surface area contributed by atoms with Crippen LogP contribution in [0.5, 0.6) is 5.75 Å². The van der Waals surface area contributed by atoms with Gasteiger partial charge in [0.15, 0.2) is 0 Å². The molecule has 0 aliphatic heterocycles. The number of aromatic nitrogens is 2. The number of carbonyl (C=O) groups is 1. The molecule has 0 spiro atoms. The van der Waals surface area contributed by atoms with E-state index in [2.05, 4.69) is 27.5 Å². The number of amides is 1. The van der Waals surface area contributed by atoms with Crippen molar-refractivity contribution in [2.75, 3.05) is 12.4 Å². The molecule has 4 rings (SSSR count). The predicted octanol–water partition coefficient (Wildman–Crippen LogP) is 4.00. The first-order chi connectivity index (χ1) is 13.4. The number of hydrogen-bond donors (Lipinski definition) is 2. The van der Waals surface area contributed by atoms with Gasteiger partial charge in [0.1, 0.15) is 23.7 Å². The van der Waals surface area contributed by atoms with Crippen LogP contribution in [-0.2, 0) is 0 Å². The number of rotatable bonds is 6. The molecule has 28 heavy (non-hydrogen) atoms. The van der Waals surface area contributed by atoms with Gasteiger partial charge in [-0.2, -0.15) is 0 Å². The molecule has 7 nitrogen and oxygen atoms in total. The lowest BCUT2D eigenvalue weighted by atomic mass is 10.1. The van der Waals surface area contributed by atoms with Crippen LogP contribution in [-0.4, -0.2) is 28.5 Å². The van der Waals surface area contributed by atoms with Gasteiger partial charge in [-0.25, -0.2) is 9.97 Å². The Morgan fingerprint density at radius 1 is 1.25 bits per heavy atom. The Hall–Kier alpha value is -3.09. The zero-order chi connectivity index (χ0) is 19.9. The molecule has 0 unspecified atom stereocenters. The van der Waals surface area contributed by atoms with Crippen molar-refractivity contribution in [3.05, 3.63) is 47.5 Å². The van der Waals surface area contributed by atoms with Crippen molar-refractivity contribution in [2.24, 2.45) is 0 Å². The maximum atomic E-state index is 13.1. The molecule has 2 N–H and O–H groups in total. The van der Waals surface area contributed by atoms with Gasteiger partial charge in [0.05, 0.1) is 24.1 Å². The van der Waals surface area contributed by atoms with Crippen LogP contribution >= 0.6 is 0 Å². The fourth-order valence-corrected chi connectivity index (χ4v) is 3.26. The summed E-state index contributed by atoms with van der Waals surface area (Å²) in [5, 5.41) is 7.12. The van der Waals surface area contributed by atoms with Crippen LogP contribution in [0.4, 0.5) is 5.82 Å². The molecule has 1 atom stereocenters. The molecule has 7 heteroatoms. The lowest BCUT2D eigenvalue weighted by molar-refractivity contribution is 0.0940. The van der Waals surface area contributed by atoms with Gasteiger partial charge in [0.2, 0.25) is 5.71 Å². The second kappa shape index (κ2) is 6.82. The molecule has 1 saturated carbocycles. The van der Waals surface area contributed by atoms with Gasteiger partial charge < -0.3 is 19.8 Å². The smallest absolute Gasteiger partial charge is 0.256 e. The number of furan rings is 1. The molecular formula is C21H24N4O3. The minimum atomic E-state index is -0.210. The molecule has 1 aliphatic rings. The van der Waals surface area contributed by atoms with Gasteiger partial charge in [-0.3, -0.25) is 4.79 Å². The molecule has 1 amide bonds. The van der Waals surface area contributed by atoms with E-state index in [1.54, 1.807) is 14.0 Å². The highest BCUT2D eigenvalue weighted by molar-refractivity contribution is 6.10. The van der Waals surface area contributed by atoms with Crippen molar-refractivity contribution in [2.45, 2.75) is 45.2 Å². The summed E-state index contributed by atoms with van der Waals surface area (Å²) in [6.07, 6.45) is 3.61. The summed E-state index contributed by atoms with van der Waals surface area (Å²) in [4.78, 5) is 21.7. The molecule has 1 aromatic carbocycles. The maximum Gasteiger partial charge on any atom is 0.256 e. The van der Waals surface area contributed by atoms with Gasteiger partial charge in [-0.05, 0) is 51.3 Å². The molecule has 0 bridgehead atoms. The van der Waals surface area contributed by atoms with E-state index in [1.165, 1.54) is 6.33 Å². The standard InChI is InChI=1S/C21H24N4O3/c1-12(14-5-7-15(27-4)8-6-14)24-19(26)16-13(2)28-20-17(16)18(22-11-23-20)25-21(3)9-10-21/h5-8,11-12H,9-10H2,1-4H3,(H,24,26)(H,22,23,25)/t12-/m1/s1. The lowest BCUT2D eigenvalue weighted by Crippen LogP contribution is -2.27. The van der Waals surface area contributed by atoms with E-state index in [1.807, 2.05) is 31.2 Å². The van der Waals surface area contributed by atoms with Gasteiger partial charge in [0.25, 0.3) is 5.91 Å². The summed E-state index contributed by atoms with van der Waals surface area (Å²) in [6, 6.07) is 7.46. The summed E-state index contributed by atoms with van der Waals surface area (Å²) < 4.78 is 10.9. The number of carbonyl (C=O) groups excluding carboxylic acids is 1. The topological polar surface area (TPSA) is 89.3 Å². The van der Waals surface area contributed by atoms with E-state index >= 15 is 0 Å². The molecule has 146 valence electrons. The third-order valence-electron chi connectivity index (χ3n) is 5.27. The molecule has 0 saturated heterocycles. The molecule has 2 aromatic heterocycles. The third kappa shape index (κ3) is 3.40. The number of aryl methyl sites for hydroxylation is 1. The number of ether oxygens (including phenoxy) is 1. The molecular weight excluding hydrogens is 356 g/mol. The highest BCUT2D eigenvalue weighted by atomic mass is 16.5. The van der Waals surface area contributed by atoms with Crippen molar-refractivity contribution in [3.63, 3.8) is 0 Å². The summed E-state index contributed by atoms with van der Waals surface area (Å²) in [7, 11) is 1.63. The Balaban J connectivity index is 1.63. The average molecular weight is 380 g/mol. The fraction of sp³-hybridized carbons (Fsp3) is 0.381. The first-order valence-electron chi connectivity index (χ1n) is 9.37. The van der Waals surface area contributed by atoms with E-state index in [-0.39, 0.29) is 17.5 Å². The number of fused-ring (bicyclic) bond motifs is 1. The van der Waals surface area contributed by atoms with Crippen molar-refractivity contribution in [1.82, 2.24) is 15.3 Å². The Bertz CT molecular complexity index is 1020. The van der Waals surface area contributed by atoms with Crippen molar-refractivity contribution >= 4 is 22.8 Å². The van der Waals surface area contributed by atoms with Crippen LogP contribution in [0.2, 0.25) is 0 Å². The first kappa shape index (κ1) is 18.3. The number of nitrogens with zero attached hydrogens (tertiary/aromatic N) is 2. The van der Waals surface area contributed by atoms with E-state index in [4.69, 9.17) is 9.15 Å². The molecule has 0 radical (unpaired) electrons. The Kier molecular flexibility index (Phi) is 4.45. The van der Waals surface area contributed by atoms with Gasteiger partial charge in [-0.1, -0.05) is 12.1 Å². The summed E-state index contributed by atoms with van der Waals surface area (Å²) >= 11 is 0. The van der Waals surface area contributed by atoms with Crippen molar-refractivity contribution in [3.8, 4) is 5.75 Å². The number of nitrogens with one attached hydrogen (secondary N) is 2. The Morgan fingerprint density at radius 3 is 2.61 bits per heavy atom. The van der Waals surface area contributed by atoms with Crippen LogP contribution in [0.3, 0.4) is 0 Å². The molecule has 1 fully saturated rings. The van der Waals surface area contributed by atoms with Crippen LogP contribution in [0.15, 0.2) is 35.0 Å². The van der Waals surface area contributed by atoms with E-state index in [0.29, 0.717) is 28.2 Å². The highest BCUT2D eigenvalue weighted by Gasteiger charge is 2.38. The van der Waals surface area contributed by atoms with Gasteiger partial charge in [0, 0.05) is 5.54 Å². The Labute approximate surface area is 163 Å². The molecule has 1 aliphatic carbocycles. The highest BCUT2D eigenvalue weighted by Crippen LogP contribution is 2.40. The number of methoxy groups -OCH3 is 1. The summed E-state index contributed by atoms with van der Waals surface area (Å²) in [5.74, 6) is 1.74. The van der Waals surface area contributed by atoms with Crippen LogP contribution in [0.1, 0.15) is 54.4 Å². The second-order valence-electron chi connectivity index (χ2n) is 7.59. The SMILES string of the molecule is COc1ccc([C@@H](C)NC(=O)c2c(C)oc3ncnc(NC4(C)CC4)c23)cc1. The number of hydrogen-bond acceptors (Lipinski definition) is 6. The van der Waals surface area contributed by atoms with E-state index in [9.17, 15) is 4.79 Å². The van der Waals surface area contributed by atoms with Crippen molar-refractivity contribution < 1.29 is 13.9 Å². The Morgan fingerprint density at radius 2 is 1.96 bits per heavy atom. The van der Waals surface area contributed by atoms with Crippen molar-refractivity contribution in [1.29, 1.82) is 0 Å². The quantitative estimate of drug-likeness (QED) is 0.672. The predicted molar refractivity (Wildman–Crippen MR) is 107 cm³/mol. The normalized spacial score (nSPS) is 15.9. The zero-order valence-corrected chi connectivity index (χ0v) is 16.5. The monoisotopic (exact) mass is 380 g/mol. The largest absolute Gasteiger partial charge is 0.497 e. The van der Waals surface area contributed by atoms with Gasteiger partial charge >= 0.3 is 0 Å². The van der Waals surface area contributed by atoms with Crippen LogP contribution in [0, 0.1) is 6.92 Å².